The fraction of sp³-hybridized carbons (Fsp3) is 0.176. The smallest absolute Gasteiger partial charge is 0.413 e. The molecule has 0 unspecified atom stereocenters. The van der Waals surface area contributed by atoms with E-state index in [4.69, 9.17) is 16.3 Å². The molecule has 0 heterocycles. The third kappa shape index (κ3) is 4.61. The van der Waals surface area contributed by atoms with Crippen LogP contribution in [0.25, 0.3) is 0 Å². The Morgan fingerprint density at radius 2 is 1.88 bits per heavy atom. The normalized spacial score (nSPS) is 10.2. The van der Waals surface area contributed by atoms with Gasteiger partial charge in [-0.3, -0.25) is 9.69 Å². The SMILES string of the molecule is CCOC(=O)N(C)c1ccc(NC(=O)c2cc(Cl)ccc2I)cc1. The van der Waals surface area contributed by atoms with Crippen molar-refractivity contribution < 1.29 is 14.3 Å². The summed E-state index contributed by atoms with van der Waals surface area (Å²) < 4.78 is 5.75. The van der Waals surface area contributed by atoms with Crippen molar-refractivity contribution in [1.29, 1.82) is 0 Å². The Labute approximate surface area is 159 Å². The maximum atomic E-state index is 12.3. The number of ether oxygens (including phenoxy) is 1. The molecule has 24 heavy (non-hydrogen) atoms. The van der Waals surface area contributed by atoms with Crippen LogP contribution in [0.4, 0.5) is 16.2 Å². The first-order chi connectivity index (χ1) is 11.4. The average molecular weight is 459 g/mol. The first kappa shape index (κ1) is 18.5. The molecule has 2 aromatic carbocycles. The van der Waals surface area contributed by atoms with E-state index in [2.05, 4.69) is 27.9 Å². The highest BCUT2D eigenvalue weighted by molar-refractivity contribution is 14.1. The molecule has 0 radical (unpaired) electrons. The summed E-state index contributed by atoms with van der Waals surface area (Å²) in [6.07, 6.45) is -0.428. The fourth-order valence-corrected chi connectivity index (χ4v) is 2.72. The van der Waals surface area contributed by atoms with Crippen LogP contribution in [0.15, 0.2) is 42.5 Å². The first-order valence-corrected chi connectivity index (χ1v) is 8.65. The summed E-state index contributed by atoms with van der Waals surface area (Å²) in [7, 11) is 1.62. The van der Waals surface area contributed by atoms with E-state index in [1.54, 1.807) is 56.4 Å². The van der Waals surface area contributed by atoms with Gasteiger partial charge in [0, 0.05) is 27.0 Å². The Kier molecular flexibility index (Phi) is 6.44. The number of hydrogen-bond acceptors (Lipinski definition) is 3. The molecule has 2 amide bonds. The van der Waals surface area contributed by atoms with Gasteiger partial charge in [0.05, 0.1) is 12.2 Å². The summed E-state index contributed by atoms with van der Waals surface area (Å²) in [5.41, 5.74) is 1.80. The average Bonchev–Trinajstić information content (AvgIpc) is 2.57. The Bertz CT molecular complexity index is 750. The Morgan fingerprint density at radius 3 is 2.50 bits per heavy atom. The van der Waals surface area contributed by atoms with Gasteiger partial charge in [0.1, 0.15) is 0 Å². The van der Waals surface area contributed by atoms with Crippen molar-refractivity contribution in [3.8, 4) is 0 Å². The van der Waals surface area contributed by atoms with Crippen LogP contribution in [-0.2, 0) is 4.74 Å². The first-order valence-electron chi connectivity index (χ1n) is 7.19. The molecule has 0 aliphatic rings. The highest BCUT2D eigenvalue weighted by Crippen LogP contribution is 2.21. The minimum atomic E-state index is -0.428. The molecule has 126 valence electrons. The van der Waals surface area contributed by atoms with Gasteiger partial charge in [-0.25, -0.2) is 4.79 Å². The zero-order valence-electron chi connectivity index (χ0n) is 13.2. The molecule has 7 heteroatoms. The van der Waals surface area contributed by atoms with Crippen LogP contribution in [-0.4, -0.2) is 25.7 Å². The highest BCUT2D eigenvalue weighted by atomic mass is 127. The number of carbonyl (C=O) groups is 2. The molecule has 0 aliphatic carbocycles. The predicted octanol–water partition coefficient (Wildman–Crippen LogP) is 4.79. The number of carbonyl (C=O) groups excluding carboxylic acids is 2. The van der Waals surface area contributed by atoms with Gasteiger partial charge in [0.15, 0.2) is 0 Å². The molecule has 2 rings (SSSR count). The molecule has 5 nitrogen and oxygen atoms in total. The van der Waals surface area contributed by atoms with E-state index in [1.807, 2.05) is 0 Å². The lowest BCUT2D eigenvalue weighted by Gasteiger charge is -2.17. The number of benzene rings is 2. The van der Waals surface area contributed by atoms with Crippen LogP contribution in [0.5, 0.6) is 0 Å². The van der Waals surface area contributed by atoms with E-state index < -0.39 is 6.09 Å². The summed E-state index contributed by atoms with van der Waals surface area (Å²) in [6, 6.07) is 12.1. The van der Waals surface area contributed by atoms with Crippen LogP contribution in [0, 0.1) is 3.57 Å². The van der Waals surface area contributed by atoms with E-state index in [-0.39, 0.29) is 5.91 Å². The number of anilines is 2. The van der Waals surface area contributed by atoms with Crippen LogP contribution in [0.2, 0.25) is 5.02 Å². The summed E-state index contributed by atoms with van der Waals surface area (Å²) in [6.45, 7) is 2.07. The third-order valence-electron chi connectivity index (χ3n) is 3.23. The van der Waals surface area contributed by atoms with E-state index in [9.17, 15) is 9.59 Å². The second-order valence-electron chi connectivity index (χ2n) is 4.88. The van der Waals surface area contributed by atoms with Crippen LogP contribution >= 0.6 is 34.2 Å². The number of nitrogens with zero attached hydrogens (tertiary/aromatic N) is 1. The van der Waals surface area contributed by atoms with Crippen LogP contribution < -0.4 is 10.2 Å². The largest absolute Gasteiger partial charge is 0.449 e. The standard InChI is InChI=1S/C17H16ClIN2O3/c1-3-24-17(23)21(2)13-7-5-12(6-8-13)20-16(22)14-10-11(18)4-9-15(14)19/h4-10H,3H2,1-2H3,(H,20,22). The van der Waals surface area contributed by atoms with Gasteiger partial charge in [0.25, 0.3) is 5.91 Å². The maximum Gasteiger partial charge on any atom is 0.413 e. The van der Waals surface area contributed by atoms with Crippen LogP contribution in [0.3, 0.4) is 0 Å². The molecule has 0 bridgehead atoms. The van der Waals surface area contributed by atoms with Crippen molar-refractivity contribution in [2.45, 2.75) is 6.92 Å². The molecular formula is C17H16ClIN2O3. The van der Waals surface area contributed by atoms with Gasteiger partial charge >= 0.3 is 6.09 Å². The van der Waals surface area contributed by atoms with Crippen molar-refractivity contribution >= 4 is 57.6 Å². The Hall–Kier alpha value is -1.80. The van der Waals surface area contributed by atoms with Crippen molar-refractivity contribution in [3.63, 3.8) is 0 Å². The molecule has 2 aromatic rings. The molecule has 0 saturated heterocycles. The van der Waals surface area contributed by atoms with Crippen molar-refractivity contribution in [2.24, 2.45) is 0 Å². The molecule has 1 N–H and O–H groups in total. The lowest BCUT2D eigenvalue weighted by Crippen LogP contribution is -2.26. The minimum absolute atomic E-state index is 0.242. The maximum absolute atomic E-state index is 12.3. The summed E-state index contributed by atoms with van der Waals surface area (Å²) in [4.78, 5) is 25.4. The predicted molar refractivity (Wildman–Crippen MR) is 104 cm³/mol. The lowest BCUT2D eigenvalue weighted by molar-refractivity contribution is 0.102. The lowest BCUT2D eigenvalue weighted by atomic mass is 10.2. The Balaban J connectivity index is 2.10. The second kappa shape index (κ2) is 8.34. The zero-order chi connectivity index (χ0) is 17.7. The Morgan fingerprint density at radius 1 is 1.21 bits per heavy atom. The zero-order valence-corrected chi connectivity index (χ0v) is 16.1. The molecule has 0 aliphatic heterocycles. The van der Waals surface area contributed by atoms with Gasteiger partial charge < -0.3 is 10.1 Å². The second-order valence-corrected chi connectivity index (χ2v) is 6.48. The topological polar surface area (TPSA) is 58.6 Å². The monoisotopic (exact) mass is 458 g/mol. The fourth-order valence-electron chi connectivity index (χ4n) is 1.96. The third-order valence-corrected chi connectivity index (χ3v) is 4.40. The minimum Gasteiger partial charge on any atom is -0.449 e. The molecule has 0 aromatic heterocycles. The molecule has 0 spiro atoms. The van der Waals surface area contributed by atoms with E-state index in [0.29, 0.717) is 28.6 Å². The van der Waals surface area contributed by atoms with Gasteiger partial charge in [-0.2, -0.15) is 0 Å². The quantitative estimate of drug-likeness (QED) is 0.670. The molecule has 0 atom stereocenters. The van der Waals surface area contributed by atoms with Gasteiger partial charge in [-0.1, -0.05) is 11.6 Å². The van der Waals surface area contributed by atoms with Crippen molar-refractivity contribution in [3.05, 3.63) is 56.6 Å². The van der Waals surface area contributed by atoms with Crippen LogP contribution in [0.1, 0.15) is 17.3 Å². The molecular weight excluding hydrogens is 443 g/mol. The van der Waals surface area contributed by atoms with Crippen molar-refractivity contribution in [2.75, 3.05) is 23.9 Å². The van der Waals surface area contributed by atoms with E-state index in [0.717, 1.165) is 3.57 Å². The van der Waals surface area contributed by atoms with E-state index >= 15 is 0 Å². The van der Waals surface area contributed by atoms with E-state index in [1.165, 1.54) is 4.90 Å². The summed E-state index contributed by atoms with van der Waals surface area (Å²) in [5.74, 6) is -0.242. The van der Waals surface area contributed by atoms with Crippen molar-refractivity contribution in [1.82, 2.24) is 0 Å². The highest BCUT2D eigenvalue weighted by Gasteiger charge is 2.13. The summed E-state index contributed by atoms with van der Waals surface area (Å²) >= 11 is 8.03. The number of hydrogen-bond donors (Lipinski definition) is 1. The van der Waals surface area contributed by atoms with Gasteiger partial charge in [0.2, 0.25) is 0 Å². The number of nitrogens with one attached hydrogen (secondary N) is 1. The molecule has 0 fully saturated rings. The number of amides is 2. The van der Waals surface area contributed by atoms with Gasteiger partial charge in [-0.15, -0.1) is 0 Å². The molecule has 0 saturated carbocycles. The number of rotatable bonds is 4. The number of halogens is 2. The van der Waals surface area contributed by atoms with Gasteiger partial charge in [-0.05, 0) is 72.0 Å². The summed E-state index contributed by atoms with van der Waals surface area (Å²) in [5, 5.41) is 3.32.